The van der Waals surface area contributed by atoms with Gasteiger partial charge in [-0.2, -0.15) is 0 Å². The summed E-state index contributed by atoms with van der Waals surface area (Å²) in [5, 5.41) is 7.31. The molecule has 21 heavy (non-hydrogen) atoms. The first-order valence-corrected chi connectivity index (χ1v) is 7.91. The molecule has 1 atom stereocenters. The van der Waals surface area contributed by atoms with Gasteiger partial charge in [-0.05, 0) is 25.5 Å². The second-order valence-electron chi connectivity index (χ2n) is 4.47. The molecule has 118 valence electrons. The molecule has 0 bridgehead atoms. The molecule has 0 saturated carbocycles. The van der Waals surface area contributed by atoms with Gasteiger partial charge >= 0.3 is 0 Å². The number of hydrogen-bond donors (Lipinski definition) is 2. The lowest BCUT2D eigenvalue weighted by Crippen LogP contribution is -2.34. The molecule has 1 unspecified atom stereocenters. The molecule has 0 aliphatic heterocycles. The molecular weight excluding hydrogens is 323 g/mol. The zero-order chi connectivity index (χ0) is 16.2. The number of sulfonamides is 1. The molecule has 6 nitrogen and oxygen atoms in total. The van der Waals surface area contributed by atoms with Gasteiger partial charge in [0, 0.05) is 24.8 Å². The Morgan fingerprint density at radius 2 is 2.14 bits per heavy atom. The lowest BCUT2D eigenvalue weighted by molar-refractivity contribution is 0.0925. The molecule has 0 aromatic heterocycles. The molecular formula is C12H16ClFN2O4S. The van der Waals surface area contributed by atoms with Crippen LogP contribution in [0.1, 0.15) is 23.7 Å². The van der Waals surface area contributed by atoms with Gasteiger partial charge in [0.25, 0.3) is 5.91 Å². The molecule has 1 amide bonds. The van der Waals surface area contributed by atoms with Gasteiger partial charge in [0.1, 0.15) is 4.90 Å². The number of ether oxygens (including phenoxy) is 1. The highest BCUT2D eigenvalue weighted by Crippen LogP contribution is 2.23. The normalized spacial score (nSPS) is 13.0. The predicted molar refractivity (Wildman–Crippen MR) is 76.2 cm³/mol. The van der Waals surface area contributed by atoms with Crippen molar-refractivity contribution in [3.63, 3.8) is 0 Å². The van der Waals surface area contributed by atoms with Crippen molar-refractivity contribution in [1.29, 1.82) is 0 Å². The van der Waals surface area contributed by atoms with Crippen LogP contribution < -0.4 is 10.5 Å². The Labute approximate surface area is 127 Å². The number of primary sulfonamides is 1. The summed E-state index contributed by atoms with van der Waals surface area (Å²) in [7, 11) is -2.80. The minimum absolute atomic E-state index is 0.102. The fourth-order valence-electron chi connectivity index (χ4n) is 1.60. The first-order chi connectivity index (χ1) is 9.66. The average Bonchev–Trinajstić information content (AvgIpc) is 2.37. The van der Waals surface area contributed by atoms with Gasteiger partial charge in [-0.1, -0.05) is 11.6 Å². The Bertz CT molecular complexity index is 636. The lowest BCUT2D eigenvalue weighted by Gasteiger charge is -2.14. The zero-order valence-corrected chi connectivity index (χ0v) is 13.1. The van der Waals surface area contributed by atoms with E-state index >= 15 is 0 Å². The first-order valence-electron chi connectivity index (χ1n) is 5.98. The second kappa shape index (κ2) is 7.17. The third kappa shape index (κ3) is 4.92. The van der Waals surface area contributed by atoms with Crippen LogP contribution in [0.3, 0.4) is 0 Å². The summed E-state index contributed by atoms with van der Waals surface area (Å²) in [4.78, 5) is 11.2. The Hall–Kier alpha value is -1.22. The lowest BCUT2D eigenvalue weighted by atomic mass is 10.1. The molecule has 1 rings (SSSR count). The Morgan fingerprint density at radius 3 is 2.67 bits per heavy atom. The minimum Gasteiger partial charge on any atom is -0.385 e. The Balaban J connectivity index is 3.08. The highest BCUT2D eigenvalue weighted by atomic mass is 35.5. The van der Waals surface area contributed by atoms with Crippen molar-refractivity contribution in [3.8, 4) is 0 Å². The van der Waals surface area contributed by atoms with E-state index in [2.05, 4.69) is 5.32 Å². The van der Waals surface area contributed by atoms with Crippen molar-refractivity contribution in [2.45, 2.75) is 24.3 Å². The Kier molecular flexibility index (Phi) is 6.09. The maximum atomic E-state index is 14.1. The number of hydrogen-bond acceptors (Lipinski definition) is 4. The largest absolute Gasteiger partial charge is 0.385 e. The van der Waals surface area contributed by atoms with Crippen molar-refractivity contribution < 1.29 is 22.3 Å². The van der Waals surface area contributed by atoms with E-state index < -0.39 is 32.2 Å². The fourth-order valence-corrected chi connectivity index (χ4v) is 2.54. The van der Waals surface area contributed by atoms with Gasteiger partial charge < -0.3 is 10.1 Å². The van der Waals surface area contributed by atoms with Gasteiger partial charge in [-0.25, -0.2) is 17.9 Å². The van der Waals surface area contributed by atoms with Crippen molar-refractivity contribution in [3.05, 3.63) is 28.5 Å². The number of halogens is 2. The minimum atomic E-state index is -4.31. The summed E-state index contributed by atoms with van der Waals surface area (Å²) in [6.45, 7) is 2.13. The molecule has 1 aromatic rings. The molecule has 0 fully saturated rings. The third-order valence-corrected chi connectivity index (χ3v) is 3.82. The molecule has 0 heterocycles. The quantitative estimate of drug-likeness (QED) is 0.816. The van der Waals surface area contributed by atoms with Gasteiger partial charge in [0.2, 0.25) is 10.0 Å². The third-order valence-electron chi connectivity index (χ3n) is 2.69. The van der Waals surface area contributed by atoms with Crippen LogP contribution in [0.25, 0.3) is 0 Å². The highest BCUT2D eigenvalue weighted by Gasteiger charge is 2.23. The standard InChI is InChI=1S/C12H16ClFN2O4S/c1-7(3-4-20-2)16-12(17)9-5-8(13)6-10(11(9)14)21(15,18)19/h5-7H,3-4H2,1-2H3,(H,16,17)(H2,15,18,19). The number of nitrogens with two attached hydrogens (primary N) is 1. The summed E-state index contributed by atoms with van der Waals surface area (Å²) >= 11 is 5.71. The summed E-state index contributed by atoms with van der Waals surface area (Å²) in [5.41, 5.74) is -0.476. The predicted octanol–water partition coefficient (Wildman–Crippen LogP) is 1.28. The highest BCUT2D eigenvalue weighted by molar-refractivity contribution is 7.89. The molecule has 3 N–H and O–H groups in total. The summed E-state index contributed by atoms with van der Waals surface area (Å²) < 4.78 is 41.5. The zero-order valence-electron chi connectivity index (χ0n) is 11.5. The molecule has 1 aromatic carbocycles. The smallest absolute Gasteiger partial charge is 0.254 e. The maximum Gasteiger partial charge on any atom is 0.254 e. The number of carbonyl (C=O) groups excluding carboxylic acids is 1. The molecule has 0 spiro atoms. The van der Waals surface area contributed by atoms with Crippen LogP contribution in [-0.2, 0) is 14.8 Å². The molecule has 0 aliphatic rings. The van der Waals surface area contributed by atoms with E-state index in [1.807, 2.05) is 0 Å². The van der Waals surface area contributed by atoms with E-state index in [1.165, 1.54) is 7.11 Å². The number of methoxy groups -OCH3 is 1. The van der Waals surface area contributed by atoms with E-state index in [9.17, 15) is 17.6 Å². The maximum absolute atomic E-state index is 14.1. The number of amides is 1. The van der Waals surface area contributed by atoms with Crippen LogP contribution in [0.5, 0.6) is 0 Å². The van der Waals surface area contributed by atoms with Gasteiger partial charge in [0.05, 0.1) is 5.56 Å². The SMILES string of the molecule is COCCC(C)NC(=O)c1cc(Cl)cc(S(N)(=O)=O)c1F. The van der Waals surface area contributed by atoms with Crippen molar-refractivity contribution >= 4 is 27.5 Å². The molecule has 0 radical (unpaired) electrons. The number of rotatable bonds is 6. The molecule has 9 heteroatoms. The second-order valence-corrected chi connectivity index (χ2v) is 6.43. The Morgan fingerprint density at radius 1 is 1.52 bits per heavy atom. The van der Waals surface area contributed by atoms with Gasteiger partial charge in [-0.3, -0.25) is 4.79 Å². The van der Waals surface area contributed by atoms with Crippen molar-refractivity contribution in [2.24, 2.45) is 5.14 Å². The van der Waals surface area contributed by atoms with Crippen LogP contribution in [0.4, 0.5) is 4.39 Å². The average molecular weight is 339 g/mol. The van der Waals surface area contributed by atoms with Crippen LogP contribution in [0, 0.1) is 5.82 Å². The summed E-state index contributed by atoms with van der Waals surface area (Å²) in [6, 6.07) is 1.62. The number of benzene rings is 1. The van der Waals surface area contributed by atoms with E-state index in [0.29, 0.717) is 13.0 Å². The van der Waals surface area contributed by atoms with Crippen LogP contribution in [0.2, 0.25) is 5.02 Å². The van der Waals surface area contributed by atoms with Crippen molar-refractivity contribution in [1.82, 2.24) is 5.32 Å². The van der Waals surface area contributed by atoms with E-state index in [-0.39, 0.29) is 11.1 Å². The number of carbonyl (C=O) groups is 1. The topological polar surface area (TPSA) is 98.5 Å². The van der Waals surface area contributed by atoms with Gasteiger partial charge in [0.15, 0.2) is 5.82 Å². The summed E-state index contributed by atoms with van der Waals surface area (Å²) in [6.07, 6.45) is 0.520. The van der Waals surface area contributed by atoms with Crippen molar-refractivity contribution in [2.75, 3.05) is 13.7 Å². The van der Waals surface area contributed by atoms with E-state index in [4.69, 9.17) is 21.5 Å². The molecule has 0 saturated heterocycles. The van der Waals surface area contributed by atoms with Gasteiger partial charge in [-0.15, -0.1) is 0 Å². The van der Waals surface area contributed by atoms with Crippen LogP contribution in [0.15, 0.2) is 17.0 Å². The van der Waals surface area contributed by atoms with E-state index in [0.717, 1.165) is 12.1 Å². The van der Waals surface area contributed by atoms with Crippen LogP contribution in [-0.4, -0.2) is 34.1 Å². The molecule has 0 aliphatic carbocycles. The fraction of sp³-hybridized carbons (Fsp3) is 0.417. The summed E-state index contributed by atoms with van der Waals surface area (Å²) in [5.74, 6) is -2.00. The van der Waals surface area contributed by atoms with Crippen LogP contribution >= 0.6 is 11.6 Å². The monoisotopic (exact) mass is 338 g/mol. The number of nitrogens with one attached hydrogen (secondary N) is 1. The first kappa shape index (κ1) is 17.8. The van der Waals surface area contributed by atoms with E-state index in [1.54, 1.807) is 6.92 Å².